The van der Waals surface area contributed by atoms with Gasteiger partial charge in [-0.15, -0.1) is 0 Å². The normalized spacial score (nSPS) is 18.5. The lowest BCUT2D eigenvalue weighted by Gasteiger charge is -2.31. The Morgan fingerprint density at radius 2 is 1.76 bits per heavy atom. The molecule has 1 heterocycles. The van der Waals surface area contributed by atoms with E-state index < -0.39 is 0 Å². The highest BCUT2D eigenvalue weighted by Gasteiger charge is 2.19. The first-order valence-corrected chi connectivity index (χ1v) is 6.72. The minimum Gasteiger partial charge on any atom is -0.396 e. The van der Waals surface area contributed by atoms with Crippen LogP contribution in [0.3, 0.4) is 0 Å². The molecule has 1 aliphatic rings. The third kappa shape index (κ3) is 3.35. The fourth-order valence-corrected chi connectivity index (χ4v) is 2.75. The van der Waals surface area contributed by atoms with Gasteiger partial charge in [0.25, 0.3) is 0 Å². The molecule has 1 aromatic carbocycles. The summed E-state index contributed by atoms with van der Waals surface area (Å²) in [6, 6.07) is 5.62. The maximum absolute atomic E-state index is 9.09. The lowest BCUT2D eigenvalue weighted by atomic mass is 9.97. The molecule has 1 aliphatic heterocycles. The van der Waals surface area contributed by atoms with Crippen LogP contribution in [0.5, 0.6) is 0 Å². The van der Waals surface area contributed by atoms with Crippen LogP contribution in [0.2, 0.25) is 10.0 Å². The highest BCUT2D eigenvalue weighted by molar-refractivity contribution is 6.35. The molecule has 94 valence electrons. The van der Waals surface area contributed by atoms with E-state index in [4.69, 9.17) is 28.3 Å². The monoisotopic (exact) mass is 273 g/mol. The third-order valence-corrected chi connectivity index (χ3v) is 4.12. The first kappa shape index (κ1) is 13.2. The van der Waals surface area contributed by atoms with E-state index in [2.05, 4.69) is 4.90 Å². The fourth-order valence-electron chi connectivity index (χ4n) is 2.23. The van der Waals surface area contributed by atoms with Crippen molar-refractivity contribution in [3.05, 3.63) is 33.8 Å². The van der Waals surface area contributed by atoms with Crippen LogP contribution in [0.15, 0.2) is 18.2 Å². The van der Waals surface area contributed by atoms with Crippen LogP contribution < -0.4 is 0 Å². The first-order valence-electron chi connectivity index (χ1n) is 5.97. The van der Waals surface area contributed by atoms with E-state index in [0.29, 0.717) is 12.5 Å². The van der Waals surface area contributed by atoms with Gasteiger partial charge in [-0.25, -0.2) is 0 Å². The molecule has 0 spiro atoms. The summed E-state index contributed by atoms with van der Waals surface area (Å²) in [6.45, 7) is 3.12. The lowest BCUT2D eigenvalue weighted by molar-refractivity contribution is 0.127. The number of likely N-dealkylation sites (tertiary alicyclic amines) is 1. The standard InChI is InChI=1S/C13H17Cl2NO/c14-12-2-1-3-13(15)11(12)8-16-6-4-10(9-17)5-7-16/h1-3,10,17H,4-9H2. The van der Waals surface area contributed by atoms with Crippen molar-refractivity contribution in [3.8, 4) is 0 Å². The van der Waals surface area contributed by atoms with Gasteiger partial charge < -0.3 is 5.11 Å². The quantitative estimate of drug-likeness (QED) is 0.915. The Balaban J connectivity index is 1.98. The second kappa shape index (κ2) is 6.05. The van der Waals surface area contributed by atoms with Gasteiger partial charge in [0.2, 0.25) is 0 Å². The molecule has 0 radical (unpaired) electrons. The molecule has 0 aliphatic carbocycles. The highest BCUT2D eigenvalue weighted by Crippen LogP contribution is 2.27. The van der Waals surface area contributed by atoms with Crippen LogP contribution in [-0.4, -0.2) is 29.7 Å². The van der Waals surface area contributed by atoms with Gasteiger partial charge in [0.1, 0.15) is 0 Å². The number of aliphatic hydroxyl groups excluding tert-OH is 1. The van der Waals surface area contributed by atoms with Crippen molar-refractivity contribution < 1.29 is 5.11 Å². The predicted molar refractivity (Wildman–Crippen MR) is 71.5 cm³/mol. The van der Waals surface area contributed by atoms with E-state index in [9.17, 15) is 0 Å². The zero-order valence-corrected chi connectivity index (χ0v) is 11.2. The van der Waals surface area contributed by atoms with Gasteiger partial charge in [0.05, 0.1) is 0 Å². The summed E-state index contributed by atoms with van der Waals surface area (Å²) in [5.41, 5.74) is 1.01. The van der Waals surface area contributed by atoms with Crippen LogP contribution in [-0.2, 0) is 6.54 Å². The molecular formula is C13H17Cl2NO. The number of nitrogens with zero attached hydrogens (tertiary/aromatic N) is 1. The number of rotatable bonds is 3. The summed E-state index contributed by atoms with van der Waals surface area (Å²) in [4.78, 5) is 2.35. The second-order valence-corrected chi connectivity index (χ2v) is 5.42. The zero-order valence-electron chi connectivity index (χ0n) is 9.70. The van der Waals surface area contributed by atoms with Crippen molar-refractivity contribution in [1.82, 2.24) is 4.90 Å². The maximum atomic E-state index is 9.09. The van der Waals surface area contributed by atoms with E-state index in [-0.39, 0.29) is 0 Å². The van der Waals surface area contributed by atoms with E-state index in [1.807, 2.05) is 18.2 Å². The van der Waals surface area contributed by atoms with Gasteiger partial charge >= 0.3 is 0 Å². The van der Waals surface area contributed by atoms with Gasteiger partial charge in [0, 0.05) is 28.8 Å². The molecule has 0 bridgehead atoms. The topological polar surface area (TPSA) is 23.5 Å². The third-order valence-electron chi connectivity index (χ3n) is 3.41. The Kier molecular flexibility index (Phi) is 4.69. The van der Waals surface area contributed by atoms with Crippen LogP contribution in [0.4, 0.5) is 0 Å². The number of benzene rings is 1. The lowest BCUT2D eigenvalue weighted by Crippen LogP contribution is -2.34. The Morgan fingerprint density at radius 1 is 1.18 bits per heavy atom. The molecule has 1 fully saturated rings. The molecule has 4 heteroatoms. The number of hydrogen-bond donors (Lipinski definition) is 1. The van der Waals surface area contributed by atoms with Gasteiger partial charge in [-0.3, -0.25) is 4.90 Å². The Hall–Kier alpha value is -0.280. The summed E-state index contributed by atoms with van der Waals surface area (Å²) < 4.78 is 0. The number of hydrogen-bond acceptors (Lipinski definition) is 2. The second-order valence-electron chi connectivity index (χ2n) is 4.60. The Labute approximate surface area is 112 Å². The molecule has 0 saturated carbocycles. The fraction of sp³-hybridized carbons (Fsp3) is 0.538. The molecular weight excluding hydrogens is 257 g/mol. The molecule has 0 aromatic heterocycles. The van der Waals surface area contributed by atoms with Gasteiger partial charge in [-0.05, 0) is 44.0 Å². The van der Waals surface area contributed by atoms with Crippen molar-refractivity contribution in [1.29, 1.82) is 0 Å². The zero-order chi connectivity index (χ0) is 12.3. The number of halogens is 2. The molecule has 1 N–H and O–H groups in total. The summed E-state index contributed by atoms with van der Waals surface area (Å²) >= 11 is 12.3. The Morgan fingerprint density at radius 3 is 2.29 bits per heavy atom. The number of aliphatic hydroxyl groups is 1. The molecule has 17 heavy (non-hydrogen) atoms. The SMILES string of the molecule is OCC1CCN(Cc2c(Cl)cccc2Cl)CC1. The minimum absolute atomic E-state index is 0.306. The average molecular weight is 274 g/mol. The van der Waals surface area contributed by atoms with Crippen LogP contribution >= 0.6 is 23.2 Å². The maximum Gasteiger partial charge on any atom is 0.0465 e. The first-order chi connectivity index (χ1) is 8.20. The smallest absolute Gasteiger partial charge is 0.0465 e. The summed E-state index contributed by atoms with van der Waals surface area (Å²) in [6.07, 6.45) is 2.11. The summed E-state index contributed by atoms with van der Waals surface area (Å²) in [5, 5.41) is 10.6. The predicted octanol–water partition coefficient (Wildman–Crippen LogP) is 3.20. The van der Waals surface area contributed by atoms with Crippen molar-refractivity contribution in [2.24, 2.45) is 5.92 Å². The van der Waals surface area contributed by atoms with Crippen molar-refractivity contribution in [3.63, 3.8) is 0 Å². The highest BCUT2D eigenvalue weighted by atomic mass is 35.5. The van der Waals surface area contributed by atoms with Crippen molar-refractivity contribution >= 4 is 23.2 Å². The van der Waals surface area contributed by atoms with Gasteiger partial charge in [-0.2, -0.15) is 0 Å². The van der Waals surface area contributed by atoms with Gasteiger partial charge in [0.15, 0.2) is 0 Å². The molecule has 0 atom stereocenters. The summed E-state index contributed by atoms with van der Waals surface area (Å²) in [5.74, 6) is 0.466. The number of piperidine rings is 1. The Bertz CT molecular complexity index is 355. The minimum atomic E-state index is 0.306. The average Bonchev–Trinajstić information content (AvgIpc) is 2.35. The van der Waals surface area contributed by atoms with Crippen LogP contribution in [0, 0.1) is 5.92 Å². The van der Waals surface area contributed by atoms with Crippen LogP contribution in [0.1, 0.15) is 18.4 Å². The van der Waals surface area contributed by atoms with Crippen molar-refractivity contribution in [2.75, 3.05) is 19.7 Å². The summed E-state index contributed by atoms with van der Waals surface area (Å²) in [7, 11) is 0. The van der Waals surface area contributed by atoms with E-state index in [0.717, 1.165) is 48.1 Å². The molecule has 2 rings (SSSR count). The van der Waals surface area contributed by atoms with E-state index >= 15 is 0 Å². The van der Waals surface area contributed by atoms with E-state index in [1.54, 1.807) is 0 Å². The molecule has 1 aromatic rings. The van der Waals surface area contributed by atoms with Crippen molar-refractivity contribution in [2.45, 2.75) is 19.4 Å². The van der Waals surface area contributed by atoms with Crippen LogP contribution in [0.25, 0.3) is 0 Å². The van der Waals surface area contributed by atoms with Gasteiger partial charge in [-0.1, -0.05) is 29.3 Å². The molecule has 0 unspecified atom stereocenters. The largest absolute Gasteiger partial charge is 0.396 e. The molecule has 0 amide bonds. The molecule has 1 saturated heterocycles. The molecule has 2 nitrogen and oxygen atoms in total. The van der Waals surface area contributed by atoms with E-state index in [1.165, 1.54) is 0 Å².